The number of anilines is 3. The van der Waals surface area contributed by atoms with Gasteiger partial charge >= 0.3 is 0 Å². The lowest BCUT2D eigenvalue weighted by Crippen LogP contribution is -2.47. The summed E-state index contributed by atoms with van der Waals surface area (Å²) in [5.41, 5.74) is 7.64. The molecule has 2 aromatic heterocycles. The van der Waals surface area contributed by atoms with Crippen LogP contribution in [-0.2, 0) is 0 Å². The van der Waals surface area contributed by atoms with Gasteiger partial charge in [0, 0.05) is 32.4 Å². The number of hydrogen-bond donors (Lipinski definition) is 1. The first-order valence-corrected chi connectivity index (χ1v) is 6.75. The lowest BCUT2D eigenvalue weighted by Gasteiger charge is -2.36. The number of nitrogens with two attached hydrogens (primary N) is 1. The largest absolute Gasteiger partial charge is 0.396 e. The SMILES string of the molecule is Cc1ccc(N2CCN(c3ncccc3N)CC2)nn1. The van der Waals surface area contributed by atoms with Crippen LogP contribution in [0.1, 0.15) is 5.69 Å². The molecule has 104 valence electrons. The summed E-state index contributed by atoms with van der Waals surface area (Å²) in [6.07, 6.45) is 1.78. The van der Waals surface area contributed by atoms with Gasteiger partial charge in [-0.25, -0.2) is 4.98 Å². The smallest absolute Gasteiger partial charge is 0.151 e. The van der Waals surface area contributed by atoms with E-state index in [-0.39, 0.29) is 0 Å². The van der Waals surface area contributed by atoms with Gasteiger partial charge in [0.05, 0.1) is 11.4 Å². The summed E-state index contributed by atoms with van der Waals surface area (Å²) < 4.78 is 0. The van der Waals surface area contributed by atoms with Crippen molar-refractivity contribution >= 4 is 17.3 Å². The number of piperazine rings is 1. The molecule has 0 spiro atoms. The third-order valence-corrected chi connectivity index (χ3v) is 3.50. The van der Waals surface area contributed by atoms with Crippen LogP contribution in [0, 0.1) is 6.92 Å². The topological polar surface area (TPSA) is 71.2 Å². The van der Waals surface area contributed by atoms with E-state index >= 15 is 0 Å². The summed E-state index contributed by atoms with van der Waals surface area (Å²) >= 11 is 0. The molecule has 0 unspecified atom stereocenters. The van der Waals surface area contributed by atoms with E-state index in [1.165, 1.54) is 0 Å². The molecule has 1 saturated heterocycles. The monoisotopic (exact) mass is 270 g/mol. The summed E-state index contributed by atoms with van der Waals surface area (Å²) in [6, 6.07) is 7.76. The minimum absolute atomic E-state index is 0.732. The Hall–Kier alpha value is -2.37. The Morgan fingerprint density at radius 3 is 2.40 bits per heavy atom. The summed E-state index contributed by atoms with van der Waals surface area (Å²) in [7, 11) is 0. The molecule has 2 aromatic rings. The van der Waals surface area contributed by atoms with Gasteiger partial charge in [0.1, 0.15) is 0 Å². The fourth-order valence-electron chi connectivity index (χ4n) is 2.38. The van der Waals surface area contributed by atoms with E-state index in [1.807, 2.05) is 31.2 Å². The molecule has 3 heterocycles. The molecule has 20 heavy (non-hydrogen) atoms. The van der Waals surface area contributed by atoms with Gasteiger partial charge in [-0.05, 0) is 31.2 Å². The predicted octanol–water partition coefficient (Wildman–Crippen LogP) is 1.09. The molecule has 0 saturated carbocycles. The number of aryl methyl sites for hydroxylation is 1. The van der Waals surface area contributed by atoms with Crippen molar-refractivity contribution in [2.75, 3.05) is 41.7 Å². The van der Waals surface area contributed by atoms with E-state index in [2.05, 4.69) is 25.0 Å². The Morgan fingerprint density at radius 2 is 1.75 bits per heavy atom. The van der Waals surface area contributed by atoms with Gasteiger partial charge in [0.2, 0.25) is 0 Å². The molecule has 0 aromatic carbocycles. The van der Waals surface area contributed by atoms with Crippen LogP contribution in [0.4, 0.5) is 17.3 Å². The van der Waals surface area contributed by atoms with E-state index in [0.29, 0.717) is 0 Å². The highest BCUT2D eigenvalue weighted by molar-refractivity contribution is 5.62. The van der Waals surface area contributed by atoms with Crippen LogP contribution in [0.5, 0.6) is 0 Å². The van der Waals surface area contributed by atoms with Crippen molar-refractivity contribution in [2.45, 2.75) is 6.92 Å². The number of nitrogens with zero attached hydrogens (tertiary/aromatic N) is 5. The highest BCUT2D eigenvalue weighted by Gasteiger charge is 2.20. The first-order chi connectivity index (χ1) is 9.74. The van der Waals surface area contributed by atoms with Crippen molar-refractivity contribution in [3.63, 3.8) is 0 Å². The molecule has 0 amide bonds. The van der Waals surface area contributed by atoms with Gasteiger partial charge in [0.15, 0.2) is 11.6 Å². The molecule has 0 atom stereocenters. The summed E-state index contributed by atoms with van der Waals surface area (Å²) in [5, 5.41) is 8.34. The van der Waals surface area contributed by atoms with Crippen LogP contribution >= 0.6 is 0 Å². The zero-order valence-corrected chi connectivity index (χ0v) is 11.5. The van der Waals surface area contributed by atoms with Gasteiger partial charge < -0.3 is 15.5 Å². The molecule has 3 rings (SSSR count). The zero-order valence-electron chi connectivity index (χ0n) is 11.5. The zero-order chi connectivity index (χ0) is 13.9. The number of pyridine rings is 1. The molecule has 1 aliphatic heterocycles. The number of nitrogen functional groups attached to an aromatic ring is 1. The lowest BCUT2D eigenvalue weighted by atomic mass is 10.2. The molecular formula is C14H18N6. The van der Waals surface area contributed by atoms with E-state index in [9.17, 15) is 0 Å². The van der Waals surface area contributed by atoms with Crippen LogP contribution in [0.25, 0.3) is 0 Å². The number of hydrogen-bond acceptors (Lipinski definition) is 6. The van der Waals surface area contributed by atoms with Crippen molar-refractivity contribution in [2.24, 2.45) is 0 Å². The average Bonchev–Trinajstić information content (AvgIpc) is 2.49. The fourth-order valence-corrected chi connectivity index (χ4v) is 2.38. The van der Waals surface area contributed by atoms with Crippen LogP contribution in [0.2, 0.25) is 0 Å². The van der Waals surface area contributed by atoms with E-state index < -0.39 is 0 Å². The third-order valence-electron chi connectivity index (χ3n) is 3.50. The van der Waals surface area contributed by atoms with Crippen molar-refractivity contribution in [3.05, 3.63) is 36.2 Å². The molecular weight excluding hydrogens is 252 g/mol. The Bertz CT molecular complexity index is 574. The van der Waals surface area contributed by atoms with Gasteiger partial charge in [-0.15, -0.1) is 5.10 Å². The van der Waals surface area contributed by atoms with Crippen LogP contribution in [-0.4, -0.2) is 41.4 Å². The minimum atomic E-state index is 0.732. The van der Waals surface area contributed by atoms with Crippen LogP contribution < -0.4 is 15.5 Å². The van der Waals surface area contributed by atoms with Crippen LogP contribution in [0.15, 0.2) is 30.5 Å². The summed E-state index contributed by atoms with van der Waals surface area (Å²) in [6.45, 7) is 5.51. The fraction of sp³-hybridized carbons (Fsp3) is 0.357. The highest BCUT2D eigenvalue weighted by atomic mass is 15.3. The Morgan fingerprint density at radius 1 is 1.00 bits per heavy atom. The van der Waals surface area contributed by atoms with Gasteiger partial charge in [-0.3, -0.25) is 0 Å². The molecule has 6 heteroatoms. The molecule has 1 aliphatic rings. The van der Waals surface area contributed by atoms with E-state index in [1.54, 1.807) is 6.20 Å². The van der Waals surface area contributed by atoms with Crippen molar-refractivity contribution in [1.82, 2.24) is 15.2 Å². The quantitative estimate of drug-likeness (QED) is 0.880. The second-order valence-corrected chi connectivity index (χ2v) is 4.92. The van der Waals surface area contributed by atoms with Crippen molar-refractivity contribution in [1.29, 1.82) is 0 Å². The second kappa shape index (κ2) is 5.32. The molecule has 1 fully saturated rings. The minimum Gasteiger partial charge on any atom is -0.396 e. The highest BCUT2D eigenvalue weighted by Crippen LogP contribution is 2.21. The molecule has 0 aliphatic carbocycles. The van der Waals surface area contributed by atoms with E-state index in [4.69, 9.17) is 5.73 Å². The molecule has 0 radical (unpaired) electrons. The maximum atomic E-state index is 5.97. The third kappa shape index (κ3) is 2.49. The lowest BCUT2D eigenvalue weighted by molar-refractivity contribution is 0.638. The maximum Gasteiger partial charge on any atom is 0.151 e. The Labute approximate surface area is 118 Å². The Balaban J connectivity index is 1.68. The molecule has 2 N–H and O–H groups in total. The van der Waals surface area contributed by atoms with Crippen molar-refractivity contribution in [3.8, 4) is 0 Å². The second-order valence-electron chi connectivity index (χ2n) is 4.92. The molecule has 0 bridgehead atoms. The predicted molar refractivity (Wildman–Crippen MR) is 79.8 cm³/mol. The first kappa shape index (κ1) is 12.7. The first-order valence-electron chi connectivity index (χ1n) is 6.75. The molecule has 6 nitrogen and oxygen atoms in total. The number of rotatable bonds is 2. The van der Waals surface area contributed by atoms with E-state index in [0.717, 1.165) is 49.2 Å². The normalized spacial score (nSPS) is 15.4. The van der Waals surface area contributed by atoms with Crippen LogP contribution in [0.3, 0.4) is 0 Å². The summed E-state index contributed by atoms with van der Waals surface area (Å²) in [4.78, 5) is 8.82. The number of aromatic nitrogens is 3. The van der Waals surface area contributed by atoms with Gasteiger partial charge in [0.25, 0.3) is 0 Å². The Kier molecular flexibility index (Phi) is 3.37. The standard InChI is InChI=1S/C14H18N6/c1-11-4-5-13(18-17-11)19-7-9-20(10-8-19)14-12(15)3-2-6-16-14/h2-6H,7-10,15H2,1H3. The van der Waals surface area contributed by atoms with Gasteiger partial charge in [-0.2, -0.15) is 5.10 Å². The van der Waals surface area contributed by atoms with Gasteiger partial charge in [-0.1, -0.05) is 0 Å². The average molecular weight is 270 g/mol. The van der Waals surface area contributed by atoms with Crippen molar-refractivity contribution < 1.29 is 0 Å². The maximum absolute atomic E-state index is 5.97. The summed E-state index contributed by atoms with van der Waals surface area (Å²) in [5.74, 6) is 1.81.